The molecule has 0 saturated carbocycles. The zero-order valence-corrected chi connectivity index (χ0v) is 8.55. The Bertz CT molecular complexity index is 387. The van der Waals surface area contributed by atoms with Crippen LogP contribution in [0.1, 0.15) is 23.2 Å². The summed E-state index contributed by atoms with van der Waals surface area (Å²) >= 11 is 3.04. The Morgan fingerprint density at radius 2 is 2.29 bits per heavy atom. The number of pyridine rings is 1. The minimum absolute atomic E-state index is 0.115. The Labute approximate surface area is 87.7 Å². The minimum Gasteiger partial charge on any atom is -0.383 e. The predicted molar refractivity (Wildman–Crippen MR) is 51.0 cm³/mol. The van der Waals surface area contributed by atoms with Crippen LogP contribution in [0.25, 0.3) is 0 Å². The molecule has 0 aliphatic carbocycles. The Hall–Kier alpha value is -1.22. The molecule has 0 bridgehead atoms. The largest absolute Gasteiger partial charge is 0.383 e. The standard InChI is InChI=1S/C8H6BrF2N3/c9-2-4-1-5(3-12)8(13)14-6(4)7(10)11/h1,7H,2H2,(H2,13,14). The molecule has 1 heterocycles. The van der Waals surface area contributed by atoms with Gasteiger partial charge in [0, 0.05) is 5.33 Å². The number of anilines is 1. The molecular formula is C8H6BrF2N3. The van der Waals surface area contributed by atoms with Crippen LogP contribution in [0.5, 0.6) is 0 Å². The van der Waals surface area contributed by atoms with E-state index in [4.69, 9.17) is 11.0 Å². The predicted octanol–water partition coefficient (Wildman–Crippen LogP) is 2.37. The first kappa shape index (κ1) is 10.9. The van der Waals surface area contributed by atoms with Gasteiger partial charge in [0.25, 0.3) is 6.43 Å². The molecular weight excluding hydrogens is 256 g/mol. The SMILES string of the molecule is N#Cc1cc(CBr)c(C(F)F)nc1N. The quantitative estimate of drug-likeness (QED) is 0.832. The van der Waals surface area contributed by atoms with E-state index in [-0.39, 0.29) is 28.0 Å². The summed E-state index contributed by atoms with van der Waals surface area (Å²) in [5.74, 6) is -0.160. The second-order valence-electron chi connectivity index (χ2n) is 2.51. The van der Waals surface area contributed by atoms with Crippen LogP contribution in [0.15, 0.2) is 6.07 Å². The Balaban J connectivity index is 3.33. The molecule has 6 heteroatoms. The summed E-state index contributed by atoms with van der Waals surface area (Å²) in [7, 11) is 0. The molecule has 14 heavy (non-hydrogen) atoms. The summed E-state index contributed by atoms with van der Waals surface area (Å²) in [4.78, 5) is 3.49. The number of nitrogens with zero attached hydrogens (tertiary/aromatic N) is 2. The summed E-state index contributed by atoms with van der Waals surface area (Å²) < 4.78 is 24.8. The molecule has 0 atom stereocenters. The van der Waals surface area contributed by atoms with Gasteiger partial charge >= 0.3 is 0 Å². The van der Waals surface area contributed by atoms with Gasteiger partial charge in [0.15, 0.2) is 0 Å². The third-order valence-electron chi connectivity index (χ3n) is 1.64. The van der Waals surface area contributed by atoms with Crippen LogP contribution in [0.4, 0.5) is 14.6 Å². The third kappa shape index (κ3) is 1.99. The molecule has 0 spiro atoms. The van der Waals surface area contributed by atoms with Gasteiger partial charge in [-0.2, -0.15) is 5.26 Å². The van der Waals surface area contributed by atoms with Crippen molar-refractivity contribution in [1.82, 2.24) is 4.98 Å². The zero-order chi connectivity index (χ0) is 10.7. The zero-order valence-electron chi connectivity index (χ0n) is 6.97. The highest BCUT2D eigenvalue weighted by Gasteiger charge is 2.16. The average molecular weight is 262 g/mol. The summed E-state index contributed by atoms with van der Waals surface area (Å²) in [6.07, 6.45) is -2.68. The van der Waals surface area contributed by atoms with Crippen LogP contribution in [0.3, 0.4) is 0 Å². The number of hydrogen-bond acceptors (Lipinski definition) is 3. The van der Waals surface area contributed by atoms with Gasteiger partial charge in [-0.15, -0.1) is 0 Å². The highest BCUT2D eigenvalue weighted by molar-refractivity contribution is 9.08. The smallest absolute Gasteiger partial charge is 0.280 e. The van der Waals surface area contributed by atoms with Gasteiger partial charge in [0.05, 0.1) is 5.56 Å². The van der Waals surface area contributed by atoms with E-state index in [0.29, 0.717) is 0 Å². The van der Waals surface area contributed by atoms with Crippen LogP contribution < -0.4 is 5.73 Å². The molecule has 1 aromatic heterocycles. The lowest BCUT2D eigenvalue weighted by Crippen LogP contribution is -2.03. The van der Waals surface area contributed by atoms with Crippen molar-refractivity contribution in [2.45, 2.75) is 11.8 Å². The van der Waals surface area contributed by atoms with Gasteiger partial charge in [-0.05, 0) is 11.6 Å². The maximum absolute atomic E-state index is 12.4. The summed E-state index contributed by atoms with van der Waals surface area (Å²) in [5, 5.41) is 8.81. The first-order valence-electron chi connectivity index (χ1n) is 3.63. The van der Waals surface area contributed by atoms with Crippen LogP contribution in [-0.4, -0.2) is 4.98 Å². The highest BCUT2D eigenvalue weighted by atomic mass is 79.9. The van der Waals surface area contributed by atoms with Gasteiger partial charge in [-0.1, -0.05) is 15.9 Å². The molecule has 0 radical (unpaired) electrons. The fraction of sp³-hybridized carbons (Fsp3) is 0.250. The molecule has 0 unspecified atom stereocenters. The van der Waals surface area contributed by atoms with Crippen molar-refractivity contribution in [3.8, 4) is 6.07 Å². The number of nitrogens with two attached hydrogens (primary N) is 1. The maximum Gasteiger partial charge on any atom is 0.280 e. The Morgan fingerprint density at radius 3 is 2.71 bits per heavy atom. The monoisotopic (exact) mass is 261 g/mol. The lowest BCUT2D eigenvalue weighted by molar-refractivity contribution is 0.145. The number of aromatic nitrogens is 1. The fourth-order valence-corrected chi connectivity index (χ4v) is 1.42. The van der Waals surface area contributed by atoms with Gasteiger partial charge < -0.3 is 5.73 Å². The normalized spacial score (nSPS) is 10.2. The second-order valence-corrected chi connectivity index (χ2v) is 3.07. The van der Waals surface area contributed by atoms with E-state index in [0.717, 1.165) is 0 Å². The van der Waals surface area contributed by atoms with E-state index in [1.807, 2.05) is 0 Å². The van der Waals surface area contributed by atoms with E-state index in [9.17, 15) is 8.78 Å². The summed E-state index contributed by atoms with van der Waals surface area (Å²) in [5.41, 5.74) is 5.33. The van der Waals surface area contributed by atoms with E-state index in [2.05, 4.69) is 20.9 Å². The Morgan fingerprint density at radius 1 is 1.64 bits per heavy atom. The van der Waals surface area contributed by atoms with Crippen molar-refractivity contribution in [3.05, 3.63) is 22.9 Å². The lowest BCUT2D eigenvalue weighted by Gasteiger charge is -2.07. The molecule has 0 aliphatic rings. The molecule has 74 valence electrons. The summed E-state index contributed by atoms with van der Waals surface area (Å²) in [6, 6.07) is 3.10. The molecule has 0 fully saturated rings. The first-order valence-corrected chi connectivity index (χ1v) is 4.75. The number of hydrogen-bond donors (Lipinski definition) is 1. The van der Waals surface area contributed by atoms with Crippen molar-refractivity contribution in [3.63, 3.8) is 0 Å². The Kier molecular flexibility index (Phi) is 3.36. The molecule has 0 aromatic carbocycles. The number of rotatable bonds is 2. The second kappa shape index (κ2) is 4.33. The number of halogens is 3. The topological polar surface area (TPSA) is 62.7 Å². The van der Waals surface area contributed by atoms with E-state index in [1.165, 1.54) is 6.07 Å². The van der Waals surface area contributed by atoms with Crippen LogP contribution >= 0.6 is 15.9 Å². The van der Waals surface area contributed by atoms with Crippen LogP contribution in [-0.2, 0) is 5.33 Å². The van der Waals surface area contributed by atoms with Crippen molar-refractivity contribution in [2.24, 2.45) is 0 Å². The van der Waals surface area contributed by atoms with Crippen molar-refractivity contribution in [2.75, 3.05) is 5.73 Å². The molecule has 0 saturated heterocycles. The van der Waals surface area contributed by atoms with Crippen molar-refractivity contribution < 1.29 is 8.78 Å². The third-order valence-corrected chi connectivity index (χ3v) is 2.24. The van der Waals surface area contributed by atoms with Crippen molar-refractivity contribution in [1.29, 1.82) is 5.26 Å². The van der Waals surface area contributed by atoms with Gasteiger partial charge in [0.1, 0.15) is 17.6 Å². The van der Waals surface area contributed by atoms with Gasteiger partial charge in [-0.3, -0.25) is 0 Å². The molecule has 1 rings (SSSR count). The van der Waals surface area contributed by atoms with E-state index in [1.54, 1.807) is 6.07 Å². The molecule has 0 aliphatic heterocycles. The average Bonchev–Trinajstić information content (AvgIpc) is 2.17. The molecule has 1 aromatic rings. The highest BCUT2D eigenvalue weighted by Crippen LogP contribution is 2.25. The lowest BCUT2D eigenvalue weighted by atomic mass is 10.1. The summed E-state index contributed by atoms with van der Waals surface area (Å²) in [6.45, 7) is 0. The van der Waals surface area contributed by atoms with Gasteiger partial charge in [0.2, 0.25) is 0 Å². The van der Waals surface area contributed by atoms with E-state index < -0.39 is 6.43 Å². The maximum atomic E-state index is 12.4. The number of nitrogen functional groups attached to an aromatic ring is 1. The molecule has 3 nitrogen and oxygen atoms in total. The van der Waals surface area contributed by atoms with E-state index >= 15 is 0 Å². The number of alkyl halides is 3. The number of nitriles is 1. The fourth-order valence-electron chi connectivity index (χ4n) is 0.969. The van der Waals surface area contributed by atoms with Gasteiger partial charge in [-0.25, -0.2) is 13.8 Å². The molecule has 0 amide bonds. The first-order chi connectivity index (χ1) is 6.60. The molecule has 2 N–H and O–H groups in total. The van der Waals surface area contributed by atoms with Crippen molar-refractivity contribution >= 4 is 21.7 Å². The van der Waals surface area contributed by atoms with Crippen LogP contribution in [0, 0.1) is 11.3 Å². The van der Waals surface area contributed by atoms with Crippen LogP contribution in [0.2, 0.25) is 0 Å². The minimum atomic E-state index is -2.68.